The van der Waals surface area contributed by atoms with Crippen LogP contribution in [0, 0.1) is 0 Å². The Hall–Kier alpha value is -1.64. The minimum atomic E-state index is 1.15. The van der Waals surface area contributed by atoms with Gasteiger partial charge in [0.2, 0.25) is 0 Å². The van der Waals surface area contributed by atoms with Gasteiger partial charge in [0, 0.05) is 14.3 Å². The number of benzene rings is 5. The highest BCUT2D eigenvalue weighted by Gasteiger charge is 2.15. The third kappa shape index (κ3) is 1.52. The summed E-state index contributed by atoms with van der Waals surface area (Å²) in [6.07, 6.45) is 0. The fourth-order valence-electron chi connectivity index (χ4n) is 3.62. The second-order valence-electron chi connectivity index (χ2n) is 5.65. The van der Waals surface area contributed by atoms with Gasteiger partial charge in [-0.1, -0.05) is 80.4 Å². The minimum absolute atomic E-state index is 1.15. The van der Waals surface area contributed by atoms with Crippen molar-refractivity contribution in [2.45, 2.75) is 0 Å². The molecule has 0 atom stereocenters. The smallest absolute Gasteiger partial charge is 0.0260 e. The molecular weight excluding hydrogens is 400 g/mol. The maximum atomic E-state index is 3.77. The van der Waals surface area contributed by atoms with Crippen LogP contribution in [0.1, 0.15) is 0 Å². The lowest BCUT2D eigenvalue weighted by Gasteiger charge is -2.16. The van der Waals surface area contributed by atoms with Gasteiger partial charge >= 0.3 is 0 Å². The van der Waals surface area contributed by atoms with Crippen molar-refractivity contribution in [2.75, 3.05) is 0 Å². The van der Waals surface area contributed by atoms with Crippen LogP contribution < -0.4 is 0 Å². The fourth-order valence-corrected chi connectivity index (χ4v) is 4.63. The van der Waals surface area contributed by atoms with E-state index >= 15 is 0 Å². The summed E-state index contributed by atoms with van der Waals surface area (Å²) in [5, 5.41) is 10.5. The highest BCUT2D eigenvalue weighted by molar-refractivity contribution is 9.11. The zero-order chi connectivity index (χ0) is 14.8. The Morgan fingerprint density at radius 2 is 1.09 bits per heavy atom. The average Bonchev–Trinajstić information content (AvgIpc) is 2.55. The zero-order valence-electron chi connectivity index (χ0n) is 11.5. The van der Waals surface area contributed by atoms with Gasteiger partial charge in [0.15, 0.2) is 0 Å². The zero-order valence-corrected chi connectivity index (χ0v) is 14.7. The summed E-state index contributed by atoms with van der Waals surface area (Å²) in [5.74, 6) is 0. The van der Waals surface area contributed by atoms with Gasteiger partial charge in [-0.2, -0.15) is 0 Å². The summed E-state index contributed by atoms with van der Waals surface area (Å²) in [5.41, 5.74) is 0. The summed E-state index contributed by atoms with van der Waals surface area (Å²) < 4.78 is 2.31. The average molecular weight is 410 g/mol. The Kier molecular flexibility index (Phi) is 2.59. The number of hydrogen-bond donors (Lipinski definition) is 0. The van der Waals surface area contributed by atoms with E-state index in [0.717, 1.165) is 8.95 Å². The standard InChI is InChI=1S/C20H10Br2/c21-16-10-8-14-12-3-1-2-4-13(12)20-17(22)9-6-11-5-7-15(16)19(14)18(11)20/h1-10H. The van der Waals surface area contributed by atoms with Crippen LogP contribution in [0.4, 0.5) is 0 Å². The first kappa shape index (κ1) is 12.9. The summed E-state index contributed by atoms with van der Waals surface area (Å²) >= 11 is 7.48. The molecule has 104 valence electrons. The van der Waals surface area contributed by atoms with Gasteiger partial charge in [0.05, 0.1) is 0 Å². The molecule has 0 aliphatic carbocycles. The molecule has 0 spiro atoms. The first-order chi connectivity index (χ1) is 10.8. The second-order valence-corrected chi connectivity index (χ2v) is 7.36. The van der Waals surface area contributed by atoms with Crippen LogP contribution in [0.15, 0.2) is 69.6 Å². The molecule has 0 radical (unpaired) electrons. The van der Waals surface area contributed by atoms with Crippen molar-refractivity contribution in [2.24, 2.45) is 0 Å². The molecule has 0 bridgehead atoms. The van der Waals surface area contributed by atoms with E-state index in [-0.39, 0.29) is 0 Å². The monoisotopic (exact) mass is 408 g/mol. The van der Waals surface area contributed by atoms with Crippen LogP contribution in [0.25, 0.3) is 43.1 Å². The Labute approximate surface area is 144 Å². The van der Waals surface area contributed by atoms with Crippen LogP contribution in [0.5, 0.6) is 0 Å². The van der Waals surface area contributed by atoms with Crippen molar-refractivity contribution >= 4 is 74.9 Å². The van der Waals surface area contributed by atoms with E-state index in [9.17, 15) is 0 Å². The molecule has 0 aliphatic heterocycles. The Morgan fingerprint density at radius 1 is 0.455 bits per heavy atom. The minimum Gasteiger partial charge on any atom is -0.0616 e. The van der Waals surface area contributed by atoms with E-state index in [0.29, 0.717) is 0 Å². The molecule has 2 heteroatoms. The summed E-state index contributed by atoms with van der Waals surface area (Å²) in [6, 6.07) is 21.9. The highest BCUT2D eigenvalue weighted by atomic mass is 79.9. The van der Waals surface area contributed by atoms with Gasteiger partial charge in [-0.3, -0.25) is 0 Å². The predicted molar refractivity (Wildman–Crippen MR) is 103 cm³/mol. The quantitative estimate of drug-likeness (QED) is 0.186. The maximum absolute atomic E-state index is 3.77. The molecule has 0 fully saturated rings. The predicted octanol–water partition coefficient (Wildman–Crippen LogP) is 7.26. The van der Waals surface area contributed by atoms with Crippen molar-refractivity contribution in [1.82, 2.24) is 0 Å². The van der Waals surface area contributed by atoms with Crippen molar-refractivity contribution in [3.05, 3.63) is 69.6 Å². The molecule has 0 amide bonds. The van der Waals surface area contributed by atoms with E-state index in [2.05, 4.69) is 92.5 Å². The summed E-state index contributed by atoms with van der Waals surface area (Å²) in [6.45, 7) is 0. The molecule has 0 aliphatic rings. The summed E-state index contributed by atoms with van der Waals surface area (Å²) in [4.78, 5) is 0. The van der Waals surface area contributed by atoms with Crippen LogP contribution in [-0.2, 0) is 0 Å². The Bertz CT molecular complexity index is 1190. The number of fused-ring (bicyclic) bond motifs is 3. The van der Waals surface area contributed by atoms with E-state index < -0.39 is 0 Å². The molecule has 0 heterocycles. The van der Waals surface area contributed by atoms with Crippen LogP contribution >= 0.6 is 31.9 Å². The highest BCUT2D eigenvalue weighted by Crippen LogP contribution is 2.44. The molecule has 5 aromatic rings. The van der Waals surface area contributed by atoms with Crippen LogP contribution in [-0.4, -0.2) is 0 Å². The summed E-state index contributed by atoms with van der Waals surface area (Å²) in [7, 11) is 0. The molecule has 0 aromatic heterocycles. The second kappa shape index (κ2) is 4.43. The fraction of sp³-hybridized carbons (Fsp3) is 0. The van der Waals surface area contributed by atoms with Crippen LogP contribution in [0.3, 0.4) is 0 Å². The third-order valence-electron chi connectivity index (χ3n) is 4.55. The molecule has 0 saturated carbocycles. The van der Waals surface area contributed by atoms with Gasteiger partial charge in [0.25, 0.3) is 0 Å². The molecule has 0 N–H and O–H groups in total. The lowest BCUT2D eigenvalue weighted by Crippen LogP contribution is -1.88. The molecular formula is C20H10Br2. The van der Waals surface area contributed by atoms with Crippen molar-refractivity contribution < 1.29 is 0 Å². The SMILES string of the molecule is Brc1ccc2c3ccccc3c3c(Br)ccc4ccc1c2c43. The van der Waals surface area contributed by atoms with Crippen LogP contribution in [0.2, 0.25) is 0 Å². The Balaban J connectivity index is 2.32. The van der Waals surface area contributed by atoms with Gasteiger partial charge in [0.1, 0.15) is 0 Å². The first-order valence-electron chi connectivity index (χ1n) is 7.19. The molecule has 0 unspecified atom stereocenters. The van der Waals surface area contributed by atoms with E-state index in [1.807, 2.05) is 0 Å². The number of halogens is 2. The van der Waals surface area contributed by atoms with Crippen molar-refractivity contribution in [1.29, 1.82) is 0 Å². The van der Waals surface area contributed by atoms with Gasteiger partial charge in [-0.05, 0) is 49.8 Å². The normalized spacial score (nSPS) is 12.1. The topological polar surface area (TPSA) is 0 Å². The van der Waals surface area contributed by atoms with Gasteiger partial charge < -0.3 is 0 Å². The maximum Gasteiger partial charge on any atom is 0.0260 e. The number of hydrogen-bond acceptors (Lipinski definition) is 0. The molecule has 5 aromatic carbocycles. The third-order valence-corrected chi connectivity index (χ3v) is 5.90. The van der Waals surface area contributed by atoms with E-state index in [1.54, 1.807) is 0 Å². The van der Waals surface area contributed by atoms with Crippen molar-refractivity contribution in [3.63, 3.8) is 0 Å². The van der Waals surface area contributed by atoms with Crippen molar-refractivity contribution in [3.8, 4) is 0 Å². The molecule has 0 nitrogen and oxygen atoms in total. The largest absolute Gasteiger partial charge is 0.0616 e. The van der Waals surface area contributed by atoms with Gasteiger partial charge in [-0.25, -0.2) is 0 Å². The van der Waals surface area contributed by atoms with E-state index in [4.69, 9.17) is 0 Å². The number of rotatable bonds is 0. The molecule has 22 heavy (non-hydrogen) atoms. The molecule has 5 rings (SSSR count). The lowest BCUT2D eigenvalue weighted by atomic mass is 9.89. The lowest BCUT2D eigenvalue weighted by molar-refractivity contribution is 1.74. The first-order valence-corrected chi connectivity index (χ1v) is 8.77. The van der Waals surface area contributed by atoms with Gasteiger partial charge in [-0.15, -0.1) is 0 Å². The van der Waals surface area contributed by atoms with E-state index in [1.165, 1.54) is 43.1 Å². The molecule has 0 saturated heterocycles. The Morgan fingerprint density at radius 3 is 1.95 bits per heavy atom.